The van der Waals surface area contributed by atoms with Gasteiger partial charge < -0.3 is 4.42 Å². The Hall–Kier alpha value is -1.31. The molecule has 1 N–H and O–H groups in total. The molecule has 0 saturated carbocycles. The highest BCUT2D eigenvalue weighted by Gasteiger charge is 2.01. The van der Waals surface area contributed by atoms with Gasteiger partial charge in [0.15, 0.2) is 0 Å². The number of fused-ring (bicyclic) bond motifs is 1. The molecule has 50 valence electrons. The summed E-state index contributed by atoms with van der Waals surface area (Å²) < 4.78 is 5.12. The molecule has 2 aromatic rings. The molecular formula is C8H8NO+. The number of hydrogen-bond acceptors (Lipinski definition) is 1. The topological polar surface area (TPSA) is 27.3 Å². The van der Waals surface area contributed by atoms with Crippen LogP contribution in [-0.4, -0.2) is 0 Å². The van der Waals surface area contributed by atoms with E-state index in [1.54, 1.807) is 6.39 Å². The van der Waals surface area contributed by atoms with Crippen molar-refractivity contribution in [2.75, 3.05) is 0 Å². The fraction of sp³-hybridized carbons (Fsp3) is 0.125. The van der Waals surface area contributed by atoms with Crippen molar-refractivity contribution in [1.82, 2.24) is 0 Å². The summed E-state index contributed by atoms with van der Waals surface area (Å²) in [6.07, 6.45) is 1.59. The second-order valence-electron chi connectivity index (χ2n) is 2.38. The lowest BCUT2D eigenvalue weighted by Crippen LogP contribution is -1.93. The molecule has 0 bridgehead atoms. The lowest BCUT2D eigenvalue weighted by molar-refractivity contribution is -0.354. The van der Waals surface area contributed by atoms with E-state index in [9.17, 15) is 0 Å². The smallest absolute Gasteiger partial charge is 0.333 e. The van der Waals surface area contributed by atoms with E-state index in [-0.39, 0.29) is 0 Å². The number of oxazole rings is 1. The standard InChI is InChI=1S/C8H7NO/c1-6-2-3-8-7(4-6)9-5-10-8/h2-5H,1H3/p+1. The molecular weight excluding hydrogens is 126 g/mol. The highest BCUT2D eigenvalue weighted by molar-refractivity contribution is 5.68. The van der Waals surface area contributed by atoms with E-state index in [4.69, 9.17) is 4.42 Å². The Bertz CT molecular complexity index is 351. The number of aromatic amines is 1. The summed E-state index contributed by atoms with van der Waals surface area (Å²) in [4.78, 5) is 2.99. The van der Waals surface area contributed by atoms with Gasteiger partial charge in [-0.15, -0.1) is 0 Å². The number of benzene rings is 1. The van der Waals surface area contributed by atoms with Crippen LogP contribution in [0.25, 0.3) is 11.1 Å². The first-order valence-electron chi connectivity index (χ1n) is 3.22. The minimum absolute atomic E-state index is 0.908. The van der Waals surface area contributed by atoms with Gasteiger partial charge in [0, 0.05) is 6.07 Å². The molecule has 2 rings (SSSR count). The number of H-pyrrole nitrogens is 1. The van der Waals surface area contributed by atoms with Crippen LogP contribution >= 0.6 is 0 Å². The minimum atomic E-state index is 0.908. The summed E-state index contributed by atoms with van der Waals surface area (Å²) in [5, 5.41) is 0. The maximum Gasteiger partial charge on any atom is 0.333 e. The molecule has 0 fully saturated rings. The predicted octanol–water partition coefficient (Wildman–Crippen LogP) is 1.56. The van der Waals surface area contributed by atoms with Crippen molar-refractivity contribution in [2.45, 2.75) is 6.92 Å². The number of nitrogens with one attached hydrogen (secondary N) is 1. The first-order valence-corrected chi connectivity index (χ1v) is 3.22. The van der Waals surface area contributed by atoms with Gasteiger partial charge in [0.25, 0.3) is 0 Å². The van der Waals surface area contributed by atoms with Gasteiger partial charge in [-0.1, -0.05) is 6.07 Å². The summed E-state index contributed by atoms with van der Waals surface area (Å²) in [5.41, 5.74) is 3.20. The Labute approximate surface area is 58.5 Å². The van der Waals surface area contributed by atoms with Crippen molar-refractivity contribution < 1.29 is 9.40 Å². The number of hydrogen-bond donors (Lipinski definition) is 0. The highest BCUT2D eigenvalue weighted by atomic mass is 16.3. The fourth-order valence-corrected chi connectivity index (χ4v) is 1.02. The maximum absolute atomic E-state index is 5.12. The monoisotopic (exact) mass is 134 g/mol. The average Bonchev–Trinajstić information content (AvgIpc) is 2.33. The van der Waals surface area contributed by atoms with E-state index in [1.807, 2.05) is 12.1 Å². The van der Waals surface area contributed by atoms with Crippen LogP contribution in [0, 0.1) is 6.92 Å². The fourth-order valence-electron chi connectivity index (χ4n) is 1.02. The molecule has 0 amide bonds. The maximum atomic E-state index is 5.12. The minimum Gasteiger partial charge on any atom is -0.404 e. The molecule has 0 atom stereocenters. The van der Waals surface area contributed by atoms with Crippen LogP contribution in [0.15, 0.2) is 29.0 Å². The Morgan fingerprint density at radius 1 is 1.40 bits per heavy atom. The van der Waals surface area contributed by atoms with Crippen LogP contribution < -0.4 is 4.98 Å². The molecule has 2 nitrogen and oxygen atoms in total. The molecule has 0 aliphatic heterocycles. The zero-order valence-electron chi connectivity index (χ0n) is 5.72. The van der Waals surface area contributed by atoms with E-state index in [2.05, 4.69) is 18.0 Å². The van der Waals surface area contributed by atoms with E-state index < -0.39 is 0 Å². The second kappa shape index (κ2) is 1.84. The third-order valence-electron chi connectivity index (χ3n) is 1.54. The van der Waals surface area contributed by atoms with Crippen LogP contribution in [0.4, 0.5) is 0 Å². The van der Waals surface area contributed by atoms with Crippen molar-refractivity contribution in [1.29, 1.82) is 0 Å². The molecule has 0 saturated heterocycles. The van der Waals surface area contributed by atoms with Gasteiger partial charge in [0.05, 0.1) is 0 Å². The van der Waals surface area contributed by atoms with Gasteiger partial charge in [-0.3, -0.25) is 0 Å². The Morgan fingerprint density at radius 2 is 2.30 bits per heavy atom. The van der Waals surface area contributed by atoms with Crippen LogP contribution in [0.1, 0.15) is 5.56 Å². The summed E-state index contributed by atoms with van der Waals surface area (Å²) in [5.74, 6) is 0. The van der Waals surface area contributed by atoms with E-state index in [0.29, 0.717) is 0 Å². The van der Waals surface area contributed by atoms with Crippen LogP contribution in [-0.2, 0) is 0 Å². The highest BCUT2D eigenvalue weighted by Crippen LogP contribution is 2.09. The SMILES string of the molecule is Cc1ccc2oc[nH+]c2c1. The summed E-state index contributed by atoms with van der Waals surface area (Å²) in [7, 11) is 0. The van der Waals surface area contributed by atoms with Crippen LogP contribution in [0.3, 0.4) is 0 Å². The first kappa shape index (κ1) is 5.47. The van der Waals surface area contributed by atoms with Gasteiger partial charge in [-0.05, 0) is 18.6 Å². The molecule has 0 aliphatic carbocycles. The molecule has 10 heavy (non-hydrogen) atoms. The molecule has 0 unspecified atom stereocenters. The van der Waals surface area contributed by atoms with E-state index >= 15 is 0 Å². The number of aromatic nitrogens is 1. The summed E-state index contributed by atoms with van der Waals surface area (Å²) >= 11 is 0. The zero-order chi connectivity index (χ0) is 6.97. The van der Waals surface area contributed by atoms with E-state index in [0.717, 1.165) is 11.1 Å². The summed E-state index contributed by atoms with van der Waals surface area (Å²) in [6.45, 7) is 2.06. The largest absolute Gasteiger partial charge is 0.404 e. The zero-order valence-corrected chi connectivity index (χ0v) is 5.72. The van der Waals surface area contributed by atoms with Crippen molar-refractivity contribution in [3.8, 4) is 0 Å². The Kier molecular flexibility index (Phi) is 1.01. The molecule has 1 aromatic heterocycles. The van der Waals surface area contributed by atoms with Crippen molar-refractivity contribution in [3.05, 3.63) is 30.2 Å². The molecule has 1 aromatic carbocycles. The van der Waals surface area contributed by atoms with Crippen molar-refractivity contribution >= 4 is 11.1 Å². The molecule has 0 spiro atoms. The quantitative estimate of drug-likeness (QED) is 0.537. The number of aryl methyl sites for hydroxylation is 1. The average molecular weight is 134 g/mol. The third kappa shape index (κ3) is 0.692. The lowest BCUT2D eigenvalue weighted by Gasteiger charge is -1.84. The van der Waals surface area contributed by atoms with Gasteiger partial charge in [0.1, 0.15) is 0 Å². The Morgan fingerprint density at radius 3 is 3.20 bits per heavy atom. The molecule has 0 aliphatic rings. The van der Waals surface area contributed by atoms with Crippen molar-refractivity contribution in [3.63, 3.8) is 0 Å². The van der Waals surface area contributed by atoms with Crippen molar-refractivity contribution in [2.24, 2.45) is 0 Å². The lowest BCUT2D eigenvalue weighted by atomic mass is 10.2. The third-order valence-corrected chi connectivity index (χ3v) is 1.54. The van der Waals surface area contributed by atoms with Gasteiger partial charge >= 0.3 is 6.39 Å². The first-order chi connectivity index (χ1) is 4.86. The Balaban J connectivity index is 2.86. The number of rotatable bonds is 0. The molecule has 1 heterocycles. The van der Waals surface area contributed by atoms with Gasteiger partial charge in [-0.25, -0.2) is 0 Å². The van der Waals surface area contributed by atoms with Crippen LogP contribution in [0.5, 0.6) is 0 Å². The summed E-state index contributed by atoms with van der Waals surface area (Å²) in [6, 6.07) is 6.04. The molecule has 2 heteroatoms. The van der Waals surface area contributed by atoms with Crippen LogP contribution in [0.2, 0.25) is 0 Å². The second-order valence-corrected chi connectivity index (χ2v) is 2.38. The van der Waals surface area contributed by atoms with Gasteiger partial charge in [-0.2, -0.15) is 4.98 Å². The normalized spacial score (nSPS) is 10.5. The van der Waals surface area contributed by atoms with Gasteiger partial charge in [0.2, 0.25) is 11.1 Å². The molecule has 0 radical (unpaired) electrons. The van der Waals surface area contributed by atoms with E-state index in [1.165, 1.54) is 5.56 Å². The predicted molar refractivity (Wildman–Crippen MR) is 37.5 cm³/mol.